The van der Waals surface area contributed by atoms with Gasteiger partial charge in [0, 0.05) is 11.3 Å². The summed E-state index contributed by atoms with van der Waals surface area (Å²) in [7, 11) is 4.32. The number of methoxy groups -OCH3 is 3. The molecule has 1 aliphatic heterocycles. The van der Waals surface area contributed by atoms with Gasteiger partial charge in [-0.15, -0.1) is 11.8 Å². The Bertz CT molecular complexity index is 1250. The van der Waals surface area contributed by atoms with Crippen LogP contribution in [0.2, 0.25) is 0 Å². The number of rotatable bonds is 7. The van der Waals surface area contributed by atoms with Crippen LogP contribution in [0.25, 0.3) is 0 Å². The maximum Gasteiger partial charge on any atom is 0.256 e. The molecule has 0 aliphatic carbocycles. The average Bonchev–Trinajstić information content (AvgIpc) is 3.34. The van der Waals surface area contributed by atoms with Crippen molar-refractivity contribution in [1.29, 1.82) is 0 Å². The van der Waals surface area contributed by atoms with Crippen molar-refractivity contribution in [2.75, 3.05) is 32.4 Å². The summed E-state index contributed by atoms with van der Waals surface area (Å²) in [5.74, 6) is -0.919. The van der Waals surface area contributed by atoms with Crippen LogP contribution in [-0.2, 0) is 4.79 Å². The lowest BCUT2D eigenvalue weighted by molar-refractivity contribution is -0.119. The molecule has 1 heterocycles. The largest absolute Gasteiger partial charge is 0.493 e. The van der Waals surface area contributed by atoms with Gasteiger partial charge < -0.3 is 24.4 Å². The second-order valence-corrected chi connectivity index (χ2v) is 8.96. The second kappa shape index (κ2) is 10.9. The smallest absolute Gasteiger partial charge is 0.256 e. The molecule has 2 atom stereocenters. The highest BCUT2D eigenvalue weighted by atomic mass is 32.2. The zero-order valence-electron chi connectivity index (χ0n) is 19.8. The van der Waals surface area contributed by atoms with E-state index in [1.807, 2.05) is 0 Å². The standard InChI is InChI=1S/C26H24F2N2O5S/c1-33-21-12-16(13-22(34-2)23(21)35-3)25(32)30-20(24(31)29-19-7-5-4-6-18(19)28)14-36-26(30)15-8-10-17(27)11-9-15/h4-13,20,26H,14H2,1-3H3,(H,29,31). The van der Waals surface area contributed by atoms with Crippen molar-refractivity contribution in [1.82, 2.24) is 4.90 Å². The van der Waals surface area contributed by atoms with E-state index in [4.69, 9.17) is 14.2 Å². The van der Waals surface area contributed by atoms with Crippen LogP contribution in [0.3, 0.4) is 0 Å². The Morgan fingerprint density at radius 3 is 2.17 bits per heavy atom. The normalized spacial score (nSPS) is 17.0. The minimum atomic E-state index is -0.934. The maximum absolute atomic E-state index is 14.2. The van der Waals surface area contributed by atoms with Crippen molar-refractivity contribution in [2.45, 2.75) is 11.4 Å². The van der Waals surface area contributed by atoms with Gasteiger partial charge in [0.2, 0.25) is 11.7 Å². The quantitative estimate of drug-likeness (QED) is 0.484. The fraction of sp³-hybridized carbons (Fsp3) is 0.231. The third-order valence-corrected chi connectivity index (χ3v) is 7.06. The SMILES string of the molecule is COc1cc(C(=O)N2C(C(=O)Nc3ccccc3F)CSC2c2ccc(F)cc2)cc(OC)c1OC. The van der Waals surface area contributed by atoms with E-state index in [2.05, 4.69) is 5.32 Å². The first-order valence-electron chi connectivity index (χ1n) is 10.9. The Kier molecular flexibility index (Phi) is 7.64. The summed E-state index contributed by atoms with van der Waals surface area (Å²) < 4.78 is 43.9. The lowest BCUT2D eigenvalue weighted by Gasteiger charge is -2.29. The maximum atomic E-state index is 14.2. The van der Waals surface area contributed by atoms with Crippen LogP contribution in [-0.4, -0.2) is 49.8 Å². The number of halogens is 2. The first-order chi connectivity index (χ1) is 17.4. The van der Waals surface area contributed by atoms with Gasteiger partial charge >= 0.3 is 0 Å². The van der Waals surface area contributed by atoms with Crippen LogP contribution in [0.5, 0.6) is 17.2 Å². The van der Waals surface area contributed by atoms with Crippen LogP contribution in [0, 0.1) is 11.6 Å². The van der Waals surface area contributed by atoms with E-state index in [1.54, 1.807) is 18.2 Å². The van der Waals surface area contributed by atoms with E-state index in [1.165, 1.54) is 80.5 Å². The molecule has 0 aromatic heterocycles. The number of thioether (sulfide) groups is 1. The van der Waals surface area contributed by atoms with Crippen molar-refractivity contribution >= 4 is 29.3 Å². The van der Waals surface area contributed by atoms with Crippen molar-refractivity contribution in [3.05, 3.63) is 83.4 Å². The summed E-state index contributed by atoms with van der Waals surface area (Å²) in [4.78, 5) is 28.6. The zero-order valence-corrected chi connectivity index (χ0v) is 20.6. The number of hydrogen-bond donors (Lipinski definition) is 1. The number of anilines is 1. The number of carbonyl (C=O) groups is 2. The molecular formula is C26H24F2N2O5S. The van der Waals surface area contributed by atoms with Crippen molar-refractivity contribution in [2.24, 2.45) is 0 Å². The predicted octanol–water partition coefficient (Wildman–Crippen LogP) is 4.89. The molecule has 2 unspecified atom stereocenters. The molecule has 1 aliphatic rings. The van der Waals surface area contributed by atoms with Crippen LogP contribution < -0.4 is 19.5 Å². The van der Waals surface area contributed by atoms with Crippen molar-refractivity contribution in [3.8, 4) is 17.2 Å². The fourth-order valence-corrected chi connectivity index (χ4v) is 5.40. The van der Waals surface area contributed by atoms with Gasteiger partial charge in [-0.3, -0.25) is 9.59 Å². The Balaban J connectivity index is 1.74. The molecule has 4 rings (SSSR count). The van der Waals surface area contributed by atoms with E-state index in [0.717, 1.165) is 0 Å². The van der Waals surface area contributed by atoms with Crippen molar-refractivity contribution in [3.63, 3.8) is 0 Å². The number of ether oxygens (including phenoxy) is 3. The highest BCUT2D eigenvalue weighted by Crippen LogP contribution is 2.44. The highest BCUT2D eigenvalue weighted by molar-refractivity contribution is 7.99. The van der Waals surface area contributed by atoms with Crippen molar-refractivity contribution < 1.29 is 32.6 Å². The van der Waals surface area contributed by atoms with E-state index in [-0.39, 0.29) is 28.5 Å². The predicted molar refractivity (Wildman–Crippen MR) is 133 cm³/mol. The van der Waals surface area contributed by atoms with Crippen LogP contribution in [0.15, 0.2) is 60.7 Å². The number of carbonyl (C=O) groups excluding carboxylic acids is 2. The van der Waals surface area contributed by atoms with Crippen LogP contribution in [0.4, 0.5) is 14.5 Å². The van der Waals surface area contributed by atoms with Gasteiger partial charge in [0.25, 0.3) is 5.91 Å². The monoisotopic (exact) mass is 514 g/mol. The molecular weight excluding hydrogens is 490 g/mol. The van der Waals surface area contributed by atoms with E-state index < -0.39 is 34.9 Å². The molecule has 0 bridgehead atoms. The van der Waals surface area contributed by atoms with Gasteiger partial charge in [0.1, 0.15) is 23.1 Å². The number of para-hydroxylation sites is 1. The molecule has 36 heavy (non-hydrogen) atoms. The van der Waals surface area contributed by atoms with Gasteiger partial charge in [-0.2, -0.15) is 0 Å². The van der Waals surface area contributed by atoms with E-state index in [9.17, 15) is 18.4 Å². The lowest BCUT2D eigenvalue weighted by atomic mass is 10.1. The van der Waals surface area contributed by atoms with Crippen LogP contribution >= 0.6 is 11.8 Å². The second-order valence-electron chi connectivity index (χ2n) is 7.85. The number of benzene rings is 3. The zero-order chi connectivity index (χ0) is 25.8. The minimum Gasteiger partial charge on any atom is -0.493 e. The van der Waals surface area contributed by atoms with Crippen LogP contribution in [0.1, 0.15) is 21.3 Å². The molecule has 188 valence electrons. The molecule has 1 saturated heterocycles. The topological polar surface area (TPSA) is 77.1 Å². The molecule has 0 saturated carbocycles. The summed E-state index contributed by atoms with van der Waals surface area (Å²) >= 11 is 1.35. The minimum absolute atomic E-state index is 0.0120. The number of amides is 2. The lowest BCUT2D eigenvalue weighted by Crippen LogP contribution is -2.45. The Labute approximate surface area is 211 Å². The van der Waals surface area contributed by atoms with Gasteiger partial charge in [0.15, 0.2) is 11.5 Å². The van der Waals surface area contributed by atoms with E-state index >= 15 is 0 Å². The number of nitrogens with one attached hydrogen (secondary N) is 1. The average molecular weight is 515 g/mol. The summed E-state index contributed by atoms with van der Waals surface area (Å²) in [6, 6.07) is 13.6. The molecule has 2 amide bonds. The molecule has 0 spiro atoms. The summed E-state index contributed by atoms with van der Waals surface area (Å²) in [6.45, 7) is 0. The van der Waals surface area contributed by atoms with Gasteiger partial charge in [-0.05, 0) is 42.0 Å². The molecule has 3 aromatic rings. The molecule has 1 fully saturated rings. The molecule has 3 aromatic carbocycles. The first kappa shape index (κ1) is 25.3. The Morgan fingerprint density at radius 1 is 0.944 bits per heavy atom. The van der Waals surface area contributed by atoms with Gasteiger partial charge in [-0.25, -0.2) is 8.78 Å². The Morgan fingerprint density at radius 2 is 1.58 bits per heavy atom. The molecule has 0 radical (unpaired) electrons. The third-order valence-electron chi connectivity index (χ3n) is 5.74. The number of hydrogen-bond acceptors (Lipinski definition) is 6. The molecule has 1 N–H and O–H groups in total. The number of nitrogens with zero attached hydrogens (tertiary/aromatic N) is 1. The fourth-order valence-electron chi connectivity index (χ4n) is 3.97. The van der Waals surface area contributed by atoms with Gasteiger partial charge in [0.05, 0.1) is 27.0 Å². The molecule has 7 nitrogen and oxygen atoms in total. The van der Waals surface area contributed by atoms with Gasteiger partial charge in [-0.1, -0.05) is 24.3 Å². The van der Waals surface area contributed by atoms with E-state index in [0.29, 0.717) is 11.3 Å². The summed E-state index contributed by atoms with van der Waals surface area (Å²) in [6.07, 6.45) is 0. The summed E-state index contributed by atoms with van der Waals surface area (Å²) in [5, 5.41) is 1.99. The highest BCUT2D eigenvalue weighted by Gasteiger charge is 2.43. The third kappa shape index (κ3) is 4.94. The Hall–Kier alpha value is -3.79. The molecule has 10 heteroatoms. The first-order valence-corrected chi connectivity index (χ1v) is 12.0. The summed E-state index contributed by atoms with van der Waals surface area (Å²) in [5.41, 5.74) is 0.851.